The van der Waals surface area contributed by atoms with E-state index in [1.807, 2.05) is 49.4 Å². The minimum Gasteiger partial charge on any atom is -0.484 e. The summed E-state index contributed by atoms with van der Waals surface area (Å²) in [6.45, 7) is 1.51. The lowest BCUT2D eigenvalue weighted by molar-refractivity contribution is -0.124. The number of hydrazine groups is 1. The molecule has 0 saturated heterocycles. The number of halogens is 1. The van der Waals surface area contributed by atoms with Crippen LogP contribution in [0.25, 0.3) is 10.8 Å². The molecule has 0 aliphatic carbocycles. The highest BCUT2D eigenvalue weighted by Gasteiger charge is 2.10. The van der Waals surface area contributed by atoms with Crippen molar-refractivity contribution in [1.82, 2.24) is 16.2 Å². The van der Waals surface area contributed by atoms with E-state index in [1.165, 1.54) is 0 Å². The second-order valence-corrected chi connectivity index (χ2v) is 7.74. The molecule has 3 rings (SSSR count). The number of hydrogen-bond acceptors (Lipinski definition) is 5. The van der Waals surface area contributed by atoms with Gasteiger partial charge in [-0.2, -0.15) is 0 Å². The molecule has 0 radical (unpaired) electrons. The van der Waals surface area contributed by atoms with E-state index in [0.717, 1.165) is 20.8 Å². The maximum absolute atomic E-state index is 12.0. The molecule has 0 atom stereocenters. The molecule has 7 nitrogen and oxygen atoms in total. The Labute approximate surface area is 193 Å². The smallest absolute Gasteiger partial charge is 0.276 e. The summed E-state index contributed by atoms with van der Waals surface area (Å²) in [4.78, 5) is 23.9. The van der Waals surface area contributed by atoms with Crippen molar-refractivity contribution in [2.75, 3.05) is 13.2 Å². The van der Waals surface area contributed by atoms with Crippen LogP contribution in [0.1, 0.15) is 5.56 Å². The average Bonchev–Trinajstić information content (AvgIpc) is 2.77. The number of thiocarbonyl (C=S) groups is 1. The van der Waals surface area contributed by atoms with Gasteiger partial charge in [-0.3, -0.25) is 25.8 Å². The Hall–Kier alpha value is -3.17. The van der Waals surface area contributed by atoms with Crippen molar-refractivity contribution in [2.24, 2.45) is 0 Å². The van der Waals surface area contributed by atoms with Gasteiger partial charge in [0.2, 0.25) is 0 Å². The highest BCUT2D eigenvalue weighted by atomic mass is 79.9. The molecule has 3 aromatic rings. The molecule has 2 amide bonds. The zero-order valence-electron chi connectivity index (χ0n) is 16.6. The Morgan fingerprint density at radius 2 is 1.61 bits per heavy atom. The van der Waals surface area contributed by atoms with Crippen LogP contribution in [0, 0.1) is 6.92 Å². The number of carbonyl (C=O) groups is 2. The molecule has 0 heterocycles. The number of benzene rings is 3. The number of nitrogens with one attached hydrogen (secondary N) is 3. The number of fused-ring (bicyclic) bond motifs is 1. The topological polar surface area (TPSA) is 88.7 Å². The van der Waals surface area contributed by atoms with E-state index in [-0.39, 0.29) is 18.3 Å². The summed E-state index contributed by atoms with van der Waals surface area (Å²) in [6.07, 6.45) is 0. The second kappa shape index (κ2) is 10.7. The van der Waals surface area contributed by atoms with Crippen molar-refractivity contribution in [3.8, 4) is 11.5 Å². The maximum Gasteiger partial charge on any atom is 0.276 e. The molecule has 0 aromatic heterocycles. The zero-order valence-corrected chi connectivity index (χ0v) is 19.0. The summed E-state index contributed by atoms with van der Waals surface area (Å²) in [7, 11) is 0. The Kier molecular flexibility index (Phi) is 7.80. The van der Waals surface area contributed by atoms with E-state index in [4.69, 9.17) is 21.7 Å². The fraction of sp³-hybridized carbons (Fsp3) is 0.136. The minimum absolute atomic E-state index is 0.0576. The van der Waals surface area contributed by atoms with Crippen LogP contribution in [-0.2, 0) is 9.59 Å². The van der Waals surface area contributed by atoms with Crippen LogP contribution < -0.4 is 25.6 Å². The first-order chi connectivity index (χ1) is 14.9. The first-order valence-corrected chi connectivity index (χ1v) is 10.5. The number of aryl methyl sites for hydroxylation is 1. The van der Waals surface area contributed by atoms with Gasteiger partial charge in [0.25, 0.3) is 11.8 Å². The minimum atomic E-state index is -0.465. The normalized spacial score (nSPS) is 10.3. The highest BCUT2D eigenvalue weighted by molar-refractivity contribution is 9.10. The molecule has 0 aliphatic rings. The van der Waals surface area contributed by atoms with Crippen LogP contribution in [0.3, 0.4) is 0 Å². The number of ether oxygens (including phenoxy) is 2. The predicted molar refractivity (Wildman–Crippen MR) is 126 cm³/mol. The largest absolute Gasteiger partial charge is 0.484 e. The van der Waals surface area contributed by atoms with Gasteiger partial charge in [-0.05, 0) is 64.0 Å². The van der Waals surface area contributed by atoms with Crippen molar-refractivity contribution in [3.63, 3.8) is 0 Å². The van der Waals surface area contributed by atoms with Crippen LogP contribution in [-0.4, -0.2) is 30.1 Å². The van der Waals surface area contributed by atoms with E-state index in [0.29, 0.717) is 11.5 Å². The van der Waals surface area contributed by atoms with Gasteiger partial charge in [-0.15, -0.1) is 0 Å². The fourth-order valence-electron chi connectivity index (χ4n) is 2.61. The predicted octanol–water partition coefficient (Wildman–Crippen LogP) is 3.39. The third-order valence-corrected chi connectivity index (χ3v) is 5.17. The maximum atomic E-state index is 12.0. The van der Waals surface area contributed by atoms with E-state index in [1.54, 1.807) is 18.2 Å². The SMILES string of the molecule is Cc1ccc(OCC(=O)NC(=S)NNC(=O)COc2ccc3ccccc3c2Br)cc1. The molecule has 0 aliphatic heterocycles. The monoisotopic (exact) mass is 501 g/mol. The lowest BCUT2D eigenvalue weighted by Crippen LogP contribution is -2.50. The molecule has 0 unspecified atom stereocenters. The number of hydrogen-bond donors (Lipinski definition) is 3. The van der Waals surface area contributed by atoms with Crippen molar-refractivity contribution >= 4 is 55.8 Å². The molecule has 3 N–H and O–H groups in total. The number of rotatable bonds is 6. The summed E-state index contributed by atoms with van der Waals surface area (Å²) >= 11 is 8.49. The quantitative estimate of drug-likeness (QED) is 0.354. The zero-order chi connectivity index (χ0) is 22.2. The molecule has 0 spiro atoms. The molecule has 0 saturated carbocycles. The lowest BCUT2D eigenvalue weighted by atomic mass is 10.1. The van der Waals surface area contributed by atoms with E-state index in [9.17, 15) is 9.59 Å². The molecular formula is C22H20BrN3O4S. The summed E-state index contributed by atoms with van der Waals surface area (Å²) in [5.41, 5.74) is 5.91. The van der Waals surface area contributed by atoms with Crippen molar-refractivity contribution in [2.45, 2.75) is 6.92 Å². The summed E-state index contributed by atoms with van der Waals surface area (Å²) in [5, 5.41) is 4.39. The van der Waals surface area contributed by atoms with E-state index < -0.39 is 11.8 Å². The molecule has 9 heteroatoms. The standard InChI is InChI=1S/C22H20BrN3O4S/c1-14-6-9-16(10-7-14)29-12-19(27)24-22(31)26-25-20(28)13-30-18-11-8-15-4-2-3-5-17(15)21(18)23/h2-11H,12-13H2,1H3,(H,25,28)(H2,24,26,27,31). The molecule has 3 aromatic carbocycles. The van der Waals surface area contributed by atoms with Crippen LogP contribution in [0.5, 0.6) is 11.5 Å². The third kappa shape index (κ3) is 6.66. The van der Waals surface area contributed by atoms with Gasteiger partial charge in [-0.25, -0.2) is 0 Å². The van der Waals surface area contributed by atoms with Crippen LogP contribution >= 0.6 is 28.1 Å². The third-order valence-electron chi connectivity index (χ3n) is 4.15. The van der Waals surface area contributed by atoms with Gasteiger partial charge in [0.05, 0.1) is 4.47 Å². The Bertz CT molecular complexity index is 1110. The first-order valence-electron chi connectivity index (χ1n) is 9.30. The summed E-state index contributed by atoms with van der Waals surface area (Å²) < 4.78 is 11.7. The van der Waals surface area contributed by atoms with E-state index >= 15 is 0 Å². The van der Waals surface area contributed by atoms with Gasteiger partial charge >= 0.3 is 0 Å². The van der Waals surface area contributed by atoms with Crippen molar-refractivity contribution in [1.29, 1.82) is 0 Å². The fourth-order valence-corrected chi connectivity index (χ4v) is 3.38. The molecular weight excluding hydrogens is 482 g/mol. The number of amides is 2. The van der Waals surface area contributed by atoms with Gasteiger partial charge in [0, 0.05) is 0 Å². The first kappa shape index (κ1) is 22.5. The van der Waals surface area contributed by atoms with Gasteiger partial charge < -0.3 is 9.47 Å². The lowest BCUT2D eigenvalue weighted by Gasteiger charge is -2.13. The summed E-state index contributed by atoms with van der Waals surface area (Å²) in [6, 6.07) is 18.8. The van der Waals surface area contributed by atoms with E-state index in [2.05, 4.69) is 32.1 Å². The highest BCUT2D eigenvalue weighted by Crippen LogP contribution is 2.32. The van der Waals surface area contributed by atoms with Crippen LogP contribution in [0.4, 0.5) is 0 Å². The Morgan fingerprint density at radius 1 is 0.903 bits per heavy atom. The second-order valence-electron chi connectivity index (χ2n) is 6.54. The van der Waals surface area contributed by atoms with Crippen LogP contribution in [0.15, 0.2) is 65.1 Å². The Morgan fingerprint density at radius 3 is 2.39 bits per heavy atom. The van der Waals surface area contributed by atoms with Crippen LogP contribution in [0.2, 0.25) is 0 Å². The van der Waals surface area contributed by atoms with Crippen molar-refractivity contribution < 1.29 is 19.1 Å². The van der Waals surface area contributed by atoms with Gasteiger partial charge in [-0.1, -0.05) is 48.0 Å². The van der Waals surface area contributed by atoms with Gasteiger partial charge in [0.1, 0.15) is 11.5 Å². The molecule has 160 valence electrons. The number of carbonyl (C=O) groups excluding carboxylic acids is 2. The summed E-state index contributed by atoms with van der Waals surface area (Å²) in [5.74, 6) is 0.194. The van der Waals surface area contributed by atoms with Crippen molar-refractivity contribution in [3.05, 3.63) is 70.7 Å². The molecule has 0 bridgehead atoms. The van der Waals surface area contributed by atoms with Gasteiger partial charge in [0.15, 0.2) is 18.3 Å². The molecule has 0 fully saturated rings. The average molecular weight is 502 g/mol. The molecule has 31 heavy (non-hydrogen) atoms. The Balaban J connectivity index is 1.39.